The summed E-state index contributed by atoms with van der Waals surface area (Å²) >= 11 is 0. The Bertz CT molecular complexity index is 401. The van der Waals surface area contributed by atoms with E-state index in [2.05, 4.69) is 31.1 Å². The van der Waals surface area contributed by atoms with Gasteiger partial charge in [-0.3, -0.25) is 4.79 Å². The maximum Gasteiger partial charge on any atom is 0.273 e. The summed E-state index contributed by atoms with van der Waals surface area (Å²) in [5, 5.41) is 2.82. The summed E-state index contributed by atoms with van der Waals surface area (Å²) in [7, 11) is 0. The Morgan fingerprint density at radius 1 is 1.47 bits per heavy atom. The summed E-state index contributed by atoms with van der Waals surface area (Å²) in [6.45, 7) is 8.98. The highest BCUT2D eigenvalue weighted by Gasteiger charge is 2.20. The standard InChI is InChI=1S/C14H25N3O2/c1-5-10(4)12(15)14-17-11(8-19-14)13(18)16-7-6-9(2)3/h8-10,12H,5-7,15H2,1-4H3,(H,16,18). The van der Waals surface area contributed by atoms with Gasteiger partial charge in [0.25, 0.3) is 5.91 Å². The first-order valence-electron chi connectivity index (χ1n) is 6.94. The maximum atomic E-state index is 11.8. The van der Waals surface area contributed by atoms with Gasteiger partial charge in [-0.1, -0.05) is 34.1 Å². The fourth-order valence-electron chi connectivity index (χ4n) is 1.61. The number of oxazole rings is 1. The van der Waals surface area contributed by atoms with Crippen molar-refractivity contribution in [2.24, 2.45) is 17.6 Å². The van der Waals surface area contributed by atoms with Crippen LogP contribution in [-0.2, 0) is 0 Å². The number of rotatable bonds is 7. The van der Waals surface area contributed by atoms with E-state index in [-0.39, 0.29) is 17.9 Å². The minimum absolute atomic E-state index is 0.202. The van der Waals surface area contributed by atoms with Crippen LogP contribution in [0.25, 0.3) is 0 Å². The Hall–Kier alpha value is -1.36. The van der Waals surface area contributed by atoms with E-state index in [0.29, 0.717) is 24.0 Å². The zero-order chi connectivity index (χ0) is 14.4. The van der Waals surface area contributed by atoms with Crippen molar-refractivity contribution >= 4 is 5.91 Å². The lowest BCUT2D eigenvalue weighted by molar-refractivity contribution is 0.0947. The molecule has 5 heteroatoms. The highest BCUT2D eigenvalue weighted by atomic mass is 16.3. The second-order valence-electron chi connectivity index (χ2n) is 5.42. The lowest BCUT2D eigenvalue weighted by Crippen LogP contribution is -2.26. The van der Waals surface area contributed by atoms with Gasteiger partial charge in [0.15, 0.2) is 5.69 Å². The number of carbonyl (C=O) groups excluding carboxylic acids is 1. The molecule has 0 saturated heterocycles. The highest BCUT2D eigenvalue weighted by molar-refractivity contribution is 5.91. The second kappa shape index (κ2) is 7.28. The van der Waals surface area contributed by atoms with Crippen LogP contribution in [0.2, 0.25) is 0 Å². The quantitative estimate of drug-likeness (QED) is 0.795. The van der Waals surface area contributed by atoms with Crippen LogP contribution in [0, 0.1) is 11.8 Å². The van der Waals surface area contributed by atoms with Crippen molar-refractivity contribution < 1.29 is 9.21 Å². The average Bonchev–Trinajstić information content (AvgIpc) is 2.85. The molecule has 108 valence electrons. The molecule has 1 heterocycles. The molecule has 0 aromatic carbocycles. The van der Waals surface area contributed by atoms with Crippen LogP contribution in [0.5, 0.6) is 0 Å². The Balaban J connectivity index is 2.56. The molecular formula is C14H25N3O2. The average molecular weight is 267 g/mol. The van der Waals surface area contributed by atoms with Crippen LogP contribution in [0.3, 0.4) is 0 Å². The molecule has 0 aliphatic carbocycles. The lowest BCUT2D eigenvalue weighted by Gasteiger charge is -2.13. The number of nitrogens with two attached hydrogens (primary N) is 1. The zero-order valence-corrected chi connectivity index (χ0v) is 12.3. The van der Waals surface area contributed by atoms with Gasteiger partial charge in [0.1, 0.15) is 6.26 Å². The van der Waals surface area contributed by atoms with Gasteiger partial charge in [0, 0.05) is 6.54 Å². The van der Waals surface area contributed by atoms with Gasteiger partial charge in [-0.2, -0.15) is 0 Å². The summed E-state index contributed by atoms with van der Waals surface area (Å²) in [5.74, 6) is 1.07. The summed E-state index contributed by atoms with van der Waals surface area (Å²) in [6.07, 6.45) is 3.27. The van der Waals surface area contributed by atoms with Crippen LogP contribution in [0.4, 0.5) is 0 Å². The molecule has 0 aliphatic rings. The largest absolute Gasteiger partial charge is 0.446 e. The first kappa shape index (κ1) is 15.7. The van der Waals surface area contributed by atoms with Gasteiger partial charge in [-0.05, 0) is 18.3 Å². The summed E-state index contributed by atoms with van der Waals surface area (Å²) in [6, 6.07) is -0.262. The Labute approximate surface area is 115 Å². The first-order valence-corrected chi connectivity index (χ1v) is 6.94. The Morgan fingerprint density at radius 3 is 2.74 bits per heavy atom. The van der Waals surface area contributed by atoms with Gasteiger partial charge < -0.3 is 15.5 Å². The number of aromatic nitrogens is 1. The molecule has 3 N–H and O–H groups in total. The van der Waals surface area contributed by atoms with E-state index in [9.17, 15) is 4.79 Å². The number of nitrogens with zero attached hydrogens (tertiary/aromatic N) is 1. The maximum absolute atomic E-state index is 11.8. The second-order valence-corrected chi connectivity index (χ2v) is 5.42. The molecule has 5 nitrogen and oxygen atoms in total. The fraction of sp³-hybridized carbons (Fsp3) is 0.714. The first-order chi connectivity index (χ1) is 8.95. The molecule has 2 atom stereocenters. The van der Waals surface area contributed by atoms with Crippen LogP contribution in [0.15, 0.2) is 10.7 Å². The van der Waals surface area contributed by atoms with Crippen molar-refractivity contribution in [1.29, 1.82) is 0 Å². The number of hydrogen-bond donors (Lipinski definition) is 2. The molecule has 1 rings (SSSR count). The number of hydrogen-bond acceptors (Lipinski definition) is 4. The van der Waals surface area contributed by atoms with Crippen LogP contribution < -0.4 is 11.1 Å². The Morgan fingerprint density at radius 2 is 2.16 bits per heavy atom. The van der Waals surface area contributed by atoms with E-state index in [1.54, 1.807) is 0 Å². The van der Waals surface area contributed by atoms with Gasteiger partial charge in [0.05, 0.1) is 6.04 Å². The summed E-state index contributed by atoms with van der Waals surface area (Å²) in [4.78, 5) is 16.0. The number of amides is 1. The van der Waals surface area contributed by atoms with Gasteiger partial charge in [-0.25, -0.2) is 4.98 Å². The van der Waals surface area contributed by atoms with E-state index < -0.39 is 0 Å². The Kier molecular flexibility index (Phi) is 6.02. The SMILES string of the molecule is CCC(C)C(N)c1nc(C(=O)NCCC(C)C)co1. The van der Waals surface area contributed by atoms with Crippen molar-refractivity contribution in [2.45, 2.75) is 46.6 Å². The van der Waals surface area contributed by atoms with Gasteiger partial charge in [0.2, 0.25) is 5.89 Å². The molecule has 0 aliphatic heterocycles. The third-order valence-corrected chi connectivity index (χ3v) is 3.30. The molecule has 1 amide bonds. The van der Waals surface area contributed by atoms with Gasteiger partial charge >= 0.3 is 0 Å². The molecule has 0 radical (unpaired) electrons. The molecule has 1 aromatic rings. The van der Waals surface area contributed by atoms with E-state index in [4.69, 9.17) is 10.2 Å². The highest BCUT2D eigenvalue weighted by Crippen LogP contribution is 2.20. The smallest absolute Gasteiger partial charge is 0.273 e. The molecule has 0 fully saturated rings. The van der Waals surface area contributed by atoms with Crippen molar-refractivity contribution in [1.82, 2.24) is 10.3 Å². The predicted octanol–water partition coefficient (Wildman–Crippen LogP) is 2.50. The molecule has 0 spiro atoms. The zero-order valence-electron chi connectivity index (χ0n) is 12.3. The van der Waals surface area contributed by atoms with Crippen LogP contribution in [-0.4, -0.2) is 17.4 Å². The summed E-state index contributed by atoms with van der Waals surface area (Å²) in [5.41, 5.74) is 6.32. The van der Waals surface area contributed by atoms with Gasteiger partial charge in [-0.15, -0.1) is 0 Å². The van der Waals surface area contributed by atoms with Crippen LogP contribution in [0.1, 0.15) is 63.0 Å². The molecular weight excluding hydrogens is 242 g/mol. The van der Waals surface area contributed by atoms with E-state index in [1.807, 2.05) is 6.92 Å². The predicted molar refractivity (Wildman–Crippen MR) is 74.7 cm³/mol. The molecule has 19 heavy (non-hydrogen) atoms. The van der Waals surface area contributed by atoms with E-state index in [1.165, 1.54) is 6.26 Å². The topological polar surface area (TPSA) is 81.1 Å². The monoisotopic (exact) mass is 267 g/mol. The lowest BCUT2D eigenvalue weighted by atomic mass is 10.0. The third-order valence-electron chi connectivity index (χ3n) is 3.30. The number of carbonyl (C=O) groups is 1. The minimum Gasteiger partial charge on any atom is -0.446 e. The fourth-order valence-corrected chi connectivity index (χ4v) is 1.61. The summed E-state index contributed by atoms with van der Waals surface area (Å²) < 4.78 is 5.30. The van der Waals surface area contributed by atoms with Crippen LogP contribution >= 0.6 is 0 Å². The normalized spacial score (nSPS) is 14.4. The van der Waals surface area contributed by atoms with Crippen molar-refractivity contribution in [2.75, 3.05) is 6.54 Å². The molecule has 0 saturated carbocycles. The molecule has 2 unspecified atom stereocenters. The van der Waals surface area contributed by atoms with Crippen molar-refractivity contribution in [3.63, 3.8) is 0 Å². The number of nitrogens with one attached hydrogen (secondary N) is 1. The van der Waals surface area contributed by atoms with Crippen molar-refractivity contribution in [3.8, 4) is 0 Å². The van der Waals surface area contributed by atoms with E-state index in [0.717, 1.165) is 12.8 Å². The molecule has 1 aromatic heterocycles. The molecule has 0 bridgehead atoms. The van der Waals surface area contributed by atoms with E-state index >= 15 is 0 Å². The third kappa shape index (κ3) is 4.67. The minimum atomic E-state index is -0.262. The van der Waals surface area contributed by atoms with Crippen molar-refractivity contribution in [3.05, 3.63) is 17.8 Å².